The van der Waals surface area contributed by atoms with Gasteiger partial charge in [0.2, 0.25) is 0 Å². The lowest BCUT2D eigenvalue weighted by atomic mass is 10.2. The molecule has 1 aromatic rings. The highest BCUT2D eigenvalue weighted by Crippen LogP contribution is 2.21. The number of anilines is 2. The molecule has 5 nitrogen and oxygen atoms in total. The predicted molar refractivity (Wildman–Crippen MR) is 89.7 cm³/mol. The van der Waals surface area contributed by atoms with Gasteiger partial charge in [-0.2, -0.15) is 0 Å². The molecule has 0 aliphatic carbocycles. The molecule has 1 N–H and O–H groups in total. The van der Waals surface area contributed by atoms with Crippen LogP contribution in [0.5, 0.6) is 0 Å². The number of aliphatic carboxylic acids is 1. The van der Waals surface area contributed by atoms with Gasteiger partial charge in [-0.3, -0.25) is 4.79 Å². The first kappa shape index (κ1) is 16.6. The standard InChI is InChI=1S/C17H27N3O2/c1-2-3-4-10-19(13-9-17(21)22)15-7-8-16(18-14-15)20-11-5-6-12-20/h7-8,14H,2-6,9-13H2,1H3,(H,21,22). The Hall–Kier alpha value is -1.78. The number of nitrogens with zero attached hydrogens (tertiary/aromatic N) is 3. The quantitative estimate of drug-likeness (QED) is 0.710. The molecule has 0 unspecified atom stereocenters. The summed E-state index contributed by atoms with van der Waals surface area (Å²) < 4.78 is 0. The van der Waals surface area contributed by atoms with E-state index in [0.29, 0.717) is 6.54 Å². The molecule has 1 aliphatic heterocycles. The maximum Gasteiger partial charge on any atom is 0.305 e. The topological polar surface area (TPSA) is 56.7 Å². The molecule has 0 bridgehead atoms. The Labute approximate surface area is 132 Å². The van der Waals surface area contributed by atoms with E-state index in [9.17, 15) is 4.79 Å². The highest BCUT2D eigenvalue weighted by molar-refractivity contribution is 5.67. The summed E-state index contributed by atoms with van der Waals surface area (Å²) in [5.74, 6) is 0.287. The Morgan fingerprint density at radius 3 is 2.64 bits per heavy atom. The van der Waals surface area contributed by atoms with E-state index >= 15 is 0 Å². The second-order valence-electron chi connectivity index (χ2n) is 5.91. The maximum atomic E-state index is 10.8. The molecule has 1 fully saturated rings. The molecule has 122 valence electrons. The van der Waals surface area contributed by atoms with Crippen molar-refractivity contribution in [2.45, 2.75) is 45.4 Å². The van der Waals surface area contributed by atoms with E-state index in [1.807, 2.05) is 6.20 Å². The van der Waals surface area contributed by atoms with Crippen LogP contribution in [0.15, 0.2) is 18.3 Å². The average Bonchev–Trinajstić information content (AvgIpc) is 3.05. The average molecular weight is 305 g/mol. The Bertz CT molecular complexity index is 455. The number of carboxylic acids is 1. The summed E-state index contributed by atoms with van der Waals surface area (Å²) in [6, 6.07) is 4.14. The molecule has 5 heteroatoms. The SMILES string of the molecule is CCCCCN(CCC(=O)O)c1ccc(N2CCCC2)nc1. The van der Waals surface area contributed by atoms with E-state index in [0.717, 1.165) is 37.6 Å². The molecule has 0 radical (unpaired) electrons. The van der Waals surface area contributed by atoms with Crippen LogP contribution in [0.4, 0.5) is 11.5 Å². The van der Waals surface area contributed by atoms with Gasteiger partial charge < -0.3 is 14.9 Å². The smallest absolute Gasteiger partial charge is 0.305 e. The minimum atomic E-state index is -0.748. The van der Waals surface area contributed by atoms with E-state index in [4.69, 9.17) is 5.11 Å². The second-order valence-corrected chi connectivity index (χ2v) is 5.91. The fourth-order valence-corrected chi connectivity index (χ4v) is 2.85. The zero-order valence-corrected chi connectivity index (χ0v) is 13.5. The van der Waals surface area contributed by atoms with Gasteiger partial charge in [0, 0.05) is 26.2 Å². The predicted octanol–water partition coefficient (Wildman–Crippen LogP) is 3.15. The number of carbonyl (C=O) groups is 1. The van der Waals surface area contributed by atoms with Crippen LogP contribution in [-0.2, 0) is 4.79 Å². The summed E-state index contributed by atoms with van der Waals surface area (Å²) >= 11 is 0. The molecule has 1 saturated heterocycles. The minimum Gasteiger partial charge on any atom is -0.481 e. The first-order valence-corrected chi connectivity index (χ1v) is 8.38. The van der Waals surface area contributed by atoms with Crippen molar-refractivity contribution in [3.63, 3.8) is 0 Å². The third kappa shape index (κ3) is 4.90. The van der Waals surface area contributed by atoms with Gasteiger partial charge in [-0.1, -0.05) is 19.8 Å². The lowest BCUT2D eigenvalue weighted by Crippen LogP contribution is -2.27. The van der Waals surface area contributed by atoms with Crippen LogP contribution in [0, 0.1) is 0 Å². The maximum absolute atomic E-state index is 10.8. The number of hydrogen-bond acceptors (Lipinski definition) is 4. The molecular formula is C17H27N3O2. The van der Waals surface area contributed by atoms with Crippen molar-refractivity contribution in [2.24, 2.45) is 0 Å². The zero-order valence-electron chi connectivity index (χ0n) is 13.5. The third-order valence-corrected chi connectivity index (χ3v) is 4.15. The van der Waals surface area contributed by atoms with Gasteiger partial charge in [0.15, 0.2) is 0 Å². The van der Waals surface area contributed by atoms with Crippen molar-refractivity contribution in [3.8, 4) is 0 Å². The number of hydrogen-bond donors (Lipinski definition) is 1. The van der Waals surface area contributed by atoms with Crippen molar-refractivity contribution in [1.82, 2.24) is 4.98 Å². The molecule has 0 spiro atoms. The third-order valence-electron chi connectivity index (χ3n) is 4.15. The van der Waals surface area contributed by atoms with Gasteiger partial charge in [-0.25, -0.2) is 4.98 Å². The summed E-state index contributed by atoms with van der Waals surface area (Å²) in [4.78, 5) is 19.9. The first-order chi connectivity index (χ1) is 10.7. The zero-order chi connectivity index (χ0) is 15.8. The molecule has 0 aromatic carbocycles. The van der Waals surface area contributed by atoms with Crippen LogP contribution < -0.4 is 9.80 Å². The monoisotopic (exact) mass is 305 g/mol. The van der Waals surface area contributed by atoms with Crippen molar-refractivity contribution < 1.29 is 9.90 Å². The van der Waals surface area contributed by atoms with E-state index in [2.05, 4.69) is 33.8 Å². The van der Waals surface area contributed by atoms with Crippen molar-refractivity contribution in [1.29, 1.82) is 0 Å². The normalized spacial score (nSPS) is 14.3. The Morgan fingerprint density at radius 2 is 2.05 bits per heavy atom. The van der Waals surface area contributed by atoms with E-state index < -0.39 is 5.97 Å². The summed E-state index contributed by atoms with van der Waals surface area (Å²) in [5.41, 5.74) is 1.03. The van der Waals surface area contributed by atoms with Gasteiger partial charge >= 0.3 is 5.97 Å². The lowest BCUT2D eigenvalue weighted by molar-refractivity contribution is -0.136. The fourth-order valence-electron chi connectivity index (χ4n) is 2.85. The molecule has 0 atom stereocenters. The van der Waals surface area contributed by atoms with E-state index in [1.54, 1.807) is 0 Å². The first-order valence-electron chi connectivity index (χ1n) is 8.38. The van der Waals surface area contributed by atoms with Crippen LogP contribution in [0.25, 0.3) is 0 Å². The molecule has 0 saturated carbocycles. The number of pyridine rings is 1. The van der Waals surface area contributed by atoms with Crippen LogP contribution in [0.3, 0.4) is 0 Å². The number of rotatable bonds is 9. The Kier molecular flexibility index (Phi) is 6.49. The van der Waals surface area contributed by atoms with Crippen LogP contribution >= 0.6 is 0 Å². The molecular weight excluding hydrogens is 278 g/mol. The van der Waals surface area contributed by atoms with Gasteiger partial charge in [0.25, 0.3) is 0 Å². The molecule has 1 aromatic heterocycles. The largest absolute Gasteiger partial charge is 0.481 e. The molecule has 2 rings (SSSR count). The van der Waals surface area contributed by atoms with Crippen molar-refractivity contribution >= 4 is 17.5 Å². The summed E-state index contributed by atoms with van der Waals surface area (Å²) in [6.07, 6.45) is 7.96. The molecule has 0 amide bonds. The highest BCUT2D eigenvalue weighted by Gasteiger charge is 2.14. The summed E-state index contributed by atoms with van der Waals surface area (Å²) in [5, 5.41) is 8.92. The highest BCUT2D eigenvalue weighted by atomic mass is 16.4. The van der Waals surface area contributed by atoms with Gasteiger partial charge in [0.1, 0.15) is 5.82 Å². The van der Waals surface area contributed by atoms with Crippen LogP contribution in [0.1, 0.15) is 45.4 Å². The minimum absolute atomic E-state index is 0.167. The van der Waals surface area contributed by atoms with Gasteiger partial charge in [-0.05, 0) is 31.4 Å². The fraction of sp³-hybridized carbons (Fsp3) is 0.647. The van der Waals surface area contributed by atoms with Crippen LogP contribution in [0.2, 0.25) is 0 Å². The van der Waals surface area contributed by atoms with Gasteiger partial charge in [-0.15, -0.1) is 0 Å². The number of unbranched alkanes of at least 4 members (excludes halogenated alkanes) is 2. The summed E-state index contributed by atoms with van der Waals surface area (Å²) in [7, 11) is 0. The molecule has 22 heavy (non-hydrogen) atoms. The molecule has 1 aliphatic rings. The van der Waals surface area contributed by atoms with E-state index in [1.165, 1.54) is 25.7 Å². The van der Waals surface area contributed by atoms with Gasteiger partial charge in [0.05, 0.1) is 18.3 Å². The van der Waals surface area contributed by atoms with E-state index in [-0.39, 0.29) is 6.42 Å². The number of aromatic nitrogens is 1. The Morgan fingerprint density at radius 1 is 1.27 bits per heavy atom. The summed E-state index contributed by atoms with van der Waals surface area (Å²) in [6.45, 7) is 5.79. The van der Waals surface area contributed by atoms with Crippen LogP contribution in [-0.4, -0.2) is 42.2 Å². The van der Waals surface area contributed by atoms with Crippen molar-refractivity contribution in [3.05, 3.63) is 18.3 Å². The number of carboxylic acid groups (broad SMARTS) is 1. The Balaban J connectivity index is 1.99. The van der Waals surface area contributed by atoms with Crippen molar-refractivity contribution in [2.75, 3.05) is 36.0 Å². The molecule has 2 heterocycles. The second kappa shape index (κ2) is 8.61. The lowest BCUT2D eigenvalue weighted by Gasteiger charge is -2.25.